The summed E-state index contributed by atoms with van der Waals surface area (Å²) in [6.45, 7) is 5.41. The van der Waals surface area contributed by atoms with Gasteiger partial charge in [0.1, 0.15) is 0 Å². The van der Waals surface area contributed by atoms with E-state index < -0.39 is 0 Å². The van der Waals surface area contributed by atoms with Crippen LogP contribution >= 0.6 is 0 Å². The first kappa shape index (κ1) is 8.72. The third kappa shape index (κ3) is 1.73. The molecule has 3 N–H and O–H groups in total. The molecule has 0 amide bonds. The van der Waals surface area contributed by atoms with Gasteiger partial charge in [-0.1, -0.05) is 0 Å². The van der Waals surface area contributed by atoms with E-state index in [9.17, 15) is 0 Å². The van der Waals surface area contributed by atoms with Gasteiger partial charge in [0.15, 0.2) is 0 Å². The first-order chi connectivity index (χ1) is 6.27. The van der Waals surface area contributed by atoms with Gasteiger partial charge in [-0.2, -0.15) is 5.10 Å². The molecule has 0 saturated carbocycles. The van der Waals surface area contributed by atoms with Crippen molar-refractivity contribution in [3.63, 3.8) is 0 Å². The van der Waals surface area contributed by atoms with Crippen molar-refractivity contribution in [2.45, 2.75) is 32.0 Å². The molecule has 2 heterocycles. The number of rotatable bonds is 1. The Balaban J connectivity index is 2.12. The first-order valence-corrected chi connectivity index (χ1v) is 4.75. The van der Waals surface area contributed by atoms with Crippen LogP contribution in [0.1, 0.15) is 25.5 Å². The molecular weight excluding hydrogens is 164 g/mol. The molecule has 2 rings (SSSR count). The average molecular weight is 180 g/mol. The zero-order valence-electron chi connectivity index (χ0n) is 8.04. The zero-order valence-corrected chi connectivity index (χ0v) is 8.04. The van der Waals surface area contributed by atoms with E-state index in [1.807, 2.05) is 12.4 Å². The van der Waals surface area contributed by atoms with Crippen molar-refractivity contribution in [2.75, 3.05) is 6.54 Å². The lowest BCUT2D eigenvalue weighted by Gasteiger charge is -2.34. The molecule has 3 atom stereocenters. The van der Waals surface area contributed by atoms with Gasteiger partial charge in [0.05, 0.1) is 12.2 Å². The van der Waals surface area contributed by atoms with E-state index in [1.54, 1.807) is 0 Å². The highest BCUT2D eigenvalue weighted by Crippen LogP contribution is 2.18. The molecule has 0 aliphatic carbocycles. The van der Waals surface area contributed by atoms with Crippen molar-refractivity contribution in [3.05, 3.63) is 18.0 Å². The van der Waals surface area contributed by atoms with E-state index in [0.717, 1.165) is 6.54 Å². The summed E-state index contributed by atoms with van der Waals surface area (Å²) in [5, 5.41) is 13.8. The van der Waals surface area contributed by atoms with E-state index in [0.29, 0.717) is 18.1 Å². The summed E-state index contributed by atoms with van der Waals surface area (Å²) in [7, 11) is 0. The van der Waals surface area contributed by atoms with Gasteiger partial charge in [-0.3, -0.25) is 5.10 Å². The maximum atomic E-state index is 3.96. The summed E-state index contributed by atoms with van der Waals surface area (Å²) in [6, 6.07) is 1.37. The number of H-pyrrole nitrogens is 1. The van der Waals surface area contributed by atoms with Gasteiger partial charge < -0.3 is 10.6 Å². The van der Waals surface area contributed by atoms with E-state index in [1.165, 1.54) is 5.56 Å². The molecule has 0 bridgehead atoms. The molecule has 1 saturated heterocycles. The molecule has 4 nitrogen and oxygen atoms in total. The molecular formula is C9H16N4. The van der Waals surface area contributed by atoms with Crippen molar-refractivity contribution in [1.29, 1.82) is 0 Å². The molecule has 0 aromatic carbocycles. The Bertz CT molecular complexity index is 257. The molecule has 0 spiro atoms. The van der Waals surface area contributed by atoms with Crippen molar-refractivity contribution in [2.24, 2.45) is 0 Å². The zero-order chi connectivity index (χ0) is 9.26. The van der Waals surface area contributed by atoms with Gasteiger partial charge >= 0.3 is 0 Å². The van der Waals surface area contributed by atoms with Gasteiger partial charge in [0.25, 0.3) is 0 Å². The second-order valence-corrected chi connectivity index (χ2v) is 3.77. The molecule has 1 aliphatic rings. The summed E-state index contributed by atoms with van der Waals surface area (Å²) in [4.78, 5) is 0. The molecule has 72 valence electrons. The highest BCUT2D eigenvalue weighted by atomic mass is 15.1. The summed E-state index contributed by atoms with van der Waals surface area (Å²) < 4.78 is 0. The van der Waals surface area contributed by atoms with Gasteiger partial charge in [-0.05, 0) is 13.8 Å². The standard InChI is InChI=1S/C9H16N4/c1-6-3-10-7(2)9(13-6)8-4-11-12-5-8/h4-7,9-10,13H,3H2,1-2H3,(H,11,12). The Kier molecular flexibility index (Phi) is 2.33. The van der Waals surface area contributed by atoms with Crippen LogP contribution in [0.2, 0.25) is 0 Å². The highest BCUT2D eigenvalue weighted by molar-refractivity contribution is 5.13. The lowest BCUT2D eigenvalue weighted by Crippen LogP contribution is -2.53. The Labute approximate surface area is 78.1 Å². The second-order valence-electron chi connectivity index (χ2n) is 3.77. The molecule has 13 heavy (non-hydrogen) atoms. The van der Waals surface area contributed by atoms with Crippen LogP contribution < -0.4 is 10.6 Å². The van der Waals surface area contributed by atoms with Crippen LogP contribution in [0.5, 0.6) is 0 Å². The maximum absolute atomic E-state index is 3.96. The van der Waals surface area contributed by atoms with Crippen LogP contribution in [-0.2, 0) is 0 Å². The minimum absolute atomic E-state index is 0.377. The normalized spacial score (nSPS) is 34.8. The van der Waals surface area contributed by atoms with Crippen LogP contribution in [0.15, 0.2) is 12.4 Å². The van der Waals surface area contributed by atoms with Gasteiger partial charge in [0, 0.05) is 30.4 Å². The number of piperazine rings is 1. The third-order valence-electron chi connectivity index (χ3n) is 2.59. The van der Waals surface area contributed by atoms with Crippen molar-refractivity contribution in [1.82, 2.24) is 20.8 Å². The predicted molar refractivity (Wildman–Crippen MR) is 51.4 cm³/mol. The minimum atomic E-state index is 0.377. The predicted octanol–water partition coefficient (Wildman–Crippen LogP) is 0.421. The fraction of sp³-hybridized carbons (Fsp3) is 0.667. The smallest absolute Gasteiger partial charge is 0.0535 e. The molecule has 4 heteroatoms. The SMILES string of the molecule is CC1CNC(C)C(c2cn[nH]c2)N1. The van der Waals surface area contributed by atoms with Crippen LogP contribution in [0.4, 0.5) is 0 Å². The molecule has 1 aromatic rings. The number of hydrogen-bond acceptors (Lipinski definition) is 3. The van der Waals surface area contributed by atoms with E-state index in [4.69, 9.17) is 0 Å². The topological polar surface area (TPSA) is 52.7 Å². The Morgan fingerprint density at radius 2 is 2.31 bits per heavy atom. The van der Waals surface area contributed by atoms with E-state index in [2.05, 4.69) is 34.7 Å². The lowest BCUT2D eigenvalue weighted by molar-refractivity contribution is 0.294. The van der Waals surface area contributed by atoms with Crippen LogP contribution in [0.3, 0.4) is 0 Å². The van der Waals surface area contributed by atoms with Crippen LogP contribution in [-0.4, -0.2) is 28.8 Å². The number of nitrogens with one attached hydrogen (secondary N) is 3. The maximum Gasteiger partial charge on any atom is 0.0535 e. The quantitative estimate of drug-likeness (QED) is 0.587. The molecule has 1 aliphatic heterocycles. The minimum Gasteiger partial charge on any atom is -0.311 e. The molecule has 1 aromatic heterocycles. The Morgan fingerprint density at radius 1 is 1.46 bits per heavy atom. The number of hydrogen-bond donors (Lipinski definition) is 3. The van der Waals surface area contributed by atoms with Gasteiger partial charge in [0.2, 0.25) is 0 Å². The molecule has 1 fully saturated rings. The fourth-order valence-corrected chi connectivity index (χ4v) is 1.81. The summed E-state index contributed by atoms with van der Waals surface area (Å²) >= 11 is 0. The Morgan fingerprint density at radius 3 is 3.00 bits per heavy atom. The van der Waals surface area contributed by atoms with Crippen molar-refractivity contribution >= 4 is 0 Å². The molecule has 0 radical (unpaired) electrons. The Hall–Kier alpha value is -0.870. The summed E-state index contributed by atoms with van der Waals surface area (Å²) in [5.41, 5.74) is 1.23. The third-order valence-corrected chi connectivity index (χ3v) is 2.59. The summed E-state index contributed by atoms with van der Waals surface area (Å²) in [5.74, 6) is 0. The fourth-order valence-electron chi connectivity index (χ4n) is 1.81. The highest BCUT2D eigenvalue weighted by Gasteiger charge is 2.25. The van der Waals surface area contributed by atoms with Crippen molar-refractivity contribution < 1.29 is 0 Å². The van der Waals surface area contributed by atoms with Gasteiger partial charge in [-0.15, -0.1) is 0 Å². The number of aromatic nitrogens is 2. The van der Waals surface area contributed by atoms with E-state index >= 15 is 0 Å². The molecule has 3 unspecified atom stereocenters. The van der Waals surface area contributed by atoms with Crippen LogP contribution in [0.25, 0.3) is 0 Å². The lowest BCUT2D eigenvalue weighted by atomic mass is 10.00. The van der Waals surface area contributed by atoms with Gasteiger partial charge in [-0.25, -0.2) is 0 Å². The largest absolute Gasteiger partial charge is 0.311 e. The average Bonchev–Trinajstić information content (AvgIpc) is 2.61. The number of nitrogens with zero attached hydrogens (tertiary/aromatic N) is 1. The monoisotopic (exact) mass is 180 g/mol. The van der Waals surface area contributed by atoms with Crippen LogP contribution in [0, 0.1) is 0 Å². The van der Waals surface area contributed by atoms with E-state index in [-0.39, 0.29) is 0 Å². The summed E-state index contributed by atoms with van der Waals surface area (Å²) in [6.07, 6.45) is 3.84. The van der Waals surface area contributed by atoms with Crippen molar-refractivity contribution in [3.8, 4) is 0 Å². The second kappa shape index (κ2) is 3.47. The number of aromatic amines is 1. The first-order valence-electron chi connectivity index (χ1n) is 4.75.